The van der Waals surface area contributed by atoms with Gasteiger partial charge in [0.15, 0.2) is 0 Å². The predicted octanol–water partition coefficient (Wildman–Crippen LogP) is 0.992. The number of pyridine rings is 1. The molecule has 0 spiro atoms. The van der Waals surface area contributed by atoms with Crippen LogP contribution in [0.25, 0.3) is 0 Å². The van der Waals surface area contributed by atoms with Crippen molar-refractivity contribution in [2.45, 2.75) is 19.0 Å². The van der Waals surface area contributed by atoms with Gasteiger partial charge in [-0.25, -0.2) is 0 Å². The highest BCUT2D eigenvalue weighted by atomic mass is 16.1. The van der Waals surface area contributed by atoms with Crippen LogP contribution < -0.4 is 5.56 Å². The van der Waals surface area contributed by atoms with Gasteiger partial charge in [0.05, 0.1) is 6.04 Å². The highest BCUT2D eigenvalue weighted by Gasteiger charge is 2.23. The second kappa shape index (κ2) is 5.40. The fourth-order valence-electron chi connectivity index (χ4n) is 2.62. The summed E-state index contributed by atoms with van der Waals surface area (Å²) in [5.74, 6) is 0. The van der Waals surface area contributed by atoms with Crippen molar-refractivity contribution in [3.8, 4) is 0 Å². The molecule has 2 aromatic heterocycles. The minimum atomic E-state index is 0.0744. The summed E-state index contributed by atoms with van der Waals surface area (Å²) in [6.45, 7) is 3.77. The molecule has 19 heavy (non-hydrogen) atoms. The zero-order valence-electron chi connectivity index (χ0n) is 10.9. The molecule has 0 N–H and O–H groups in total. The Labute approximate surface area is 112 Å². The minimum Gasteiger partial charge on any atom is -0.314 e. The Bertz CT molecular complexity index is 575. The lowest BCUT2D eigenvalue weighted by Crippen LogP contribution is -2.29. The number of likely N-dealkylation sites (tertiary alicyclic amines) is 1. The summed E-state index contributed by atoms with van der Waals surface area (Å²) in [6.07, 6.45) is 6.83. The van der Waals surface area contributed by atoms with Crippen LogP contribution in [-0.2, 0) is 6.54 Å². The molecule has 0 amide bonds. The Morgan fingerprint density at radius 3 is 2.95 bits per heavy atom. The van der Waals surface area contributed by atoms with E-state index < -0.39 is 0 Å². The molecule has 0 saturated carbocycles. The maximum absolute atomic E-state index is 11.6. The quantitative estimate of drug-likeness (QED) is 0.821. The minimum absolute atomic E-state index is 0.0744. The van der Waals surface area contributed by atoms with Gasteiger partial charge in [0.25, 0.3) is 5.56 Å². The predicted molar refractivity (Wildman–Crippen MR) is 73.0 cm³/mol. The van der Waals surface area contributed by atoms with E-state index in [1.807, 2.05) is 35.4 Å². The summed E-state index contributed by atoms with van der Waals surface area (Å²) in [6, 6.07) is 7.73. The molecule has 0 aromatic carbocycles. The van der Waals surface area contributed by atoms with Gasteiger partial charge in [0.2, 0.25) is 0 Å². The fourth-order valence-corrected chi connectivity index (χ4v) is 2.62. The normalized spacial score (nSPS) is 19.9. The Balaban J connectivity index is 1.55. The second-order valence-electron chi connectivity index (χ2n) is 4.96. The lowest BCUT2D eigenvalue weighted by atomic mass is 10.3. The average Bonchev–Trinajstić information content (AvgIpc) is 3.09. The van der Waals surface area contributed by atoms with Crippen molar-refractivity contribution in [1.29, 1.82) is 0 Å². The van der Waals surface area contributed by atoms with Crippen molar-refractivity contribution >= 4 is 0 Å². The number of rotatable bonds is 4. The van der Waals surface area contributed by atoms with Gasteiger partial charge in [-0.05, 0) is 18.6 Å². The van der Waals surface area contributed by atoms with Crippen molar-refractivity contribution in [2.24, 2.45) is 0 Å². The van der Waals surface area contributed by atoms with E-state index in [2.05, 4.69) is 10.00 Å². The molecule has 1 saturated heterocycles. The Kier molecular flexibility index (Phi) is 3.46. The summed E-state index contributed by atoms with van der Waals surface area (Å²) in [5, 5.41) is 4.30. The van der Waals surface area contributed by atoms with Gasteiger partial charge in [0.1, 0.15) is 0 Å². The van der Waals surface area contributed by atoms with E-state index >= 15 is 0 Å². The van der Waals surface area contributed by atoms with E-state index in [4.69, 9.17) is 0 Å². The first-order chi connectivity index (χ1) is 9.33. The monoisotopic (exact) mass is 258 g/mol. The van der Waals surface area contributed by atoms with E-state index in [1.165, 1.54) is 0 Å². The SMILES string of the molecule is O=c1ccccn1CCN1CCC(n2cccn2)C1. The smallest absolute Gasteiger partial charge is 0.250 e. The lowest BCUT2D eigenvalue weighted by Gasteiger charge is -2.16. The first kappa shape index (κ1) is 12.2. The number of nitrogens with zero attached hydrogens (tertiary/aromatic N) is 4. The van der Waals surface area contributed by atoms with Gasteiger partial charge >= 0.3 is 0 Å². The van der Waals surface area contributed by atoms with Crippen molar-refractivity contribution in [3.63, 3.8) is 0 Å². The molecule has 1 aliphatic rings. The number of aromatic nitrogens is 3. The maximum atomic E-state index is 11.6. The van der Waals surface area contributed by atoms with Crippen LogP contribution in [0, 0.1) is 0 Å². The van der Waals surface area contributed by atoms with E-state index in [1.54, 1.807) is 16.7 Å². The van der Waals surface area contributed by atoms with Crippen LogP contribution in [0.2, 0.25) is 0 Å². The molecule has 1 unspecified atom stereocenters. The second-order valence-corrected chi connectivity index (χ2v) is 4.96. The number of hydrogen-bond acceptors (Lipinski definition) is 3. The third-order valence-electron chi connectivity index (χ3n) is 3.70. The Morgan fingerprint density at radius 1 is 1.21 bits per heavy atom. The van der Waals surface area contributed by atoms with Gasteiger partial charge < -0.3 is 4.57 Å². The molecule has 1 fully saturated rings. The van der Waals surface area contributed by atoms with Crippen molar-refractivity contribution in [1.82, 2.24) is 19.2 Å². The highest BCUT2D eigenvalue weighted by molar-refractivity contribution is 4.93. The molecule has 0 radical (unpaired) electrons. The lowest BCUT2D eigenvalue weighted by molar-refractivity contribution is 0.304. The van der Waals surface area contributed by atoms with Crippen LogP contribution >= 0.6 is 0 Å². The van der Waals surface area contributed by atoms with E-state index in [9.17, 15) is 4.79 Å². The van der Waals surface area contributed by atoms with E-state index in [0.717, 1.165) is 32.6 Å². The van der Waals surface area contributed by atoms with Crippen LogP contribution in [0.3, 0.4) is 0 Å². The molecular weight excluding hydrogens is 240 g/mol. The molecule has 100 valence electrons. The molecule has 5 nitrogen and oxygen atoms in total. The molecule has 1 atom stereocenters. The third-order valence-corrected chi connectivity index (χ3v) is 3.70. The first-order valence-electron chi connectivity index (χ1n) is 6.70. The molecule has 0 bridgehead atoms. The largest absolute Gasteiger partial charge is 0.314 e. The zero-order valence-corrected chi connectivity index (χ0v) is 10.9. The summed E-state index contributed by atoms with van der Waals surface area (Å²) >= 11 is 0. The summed E-state index contributed by atoms with van der Waals surface area (Å²) in [5.41, 5.74) is 0.0744. The Hall–Kier alpha value is -1.88. The molecule has 1 aliphatic heterocycles. The standard InChI is InChI=1S/C14H18N4O/c19-14-4-1-2-7-17(14)11-10-16-9-5-13(12-16)18-8-3-6-15-18/h1-4,6-8,13H,5,9-12H2. The number of hydrogen-bond donors (Lipinski definition) is 0. The molecular formula is C14H18N4O. The topological polar surface area (TPSA) is 43.1 Å². The van der Waals surface area contributed by atoms with Crippen molar-refractivity contribution in [3.05, 3.63) is 53.2 Å². The fraction of sp³-hybridized carbons (Fsp3) is 0.429. The summed E-state index contributed by atoms with van der Waals surface area (Å²) < 4.78 is 3.80. The van der Waals surface area contributed by atoms with Gasteiger partial charge in [-0.1, -0.05) is 6.07 Å². The molecule has 3 rings (SSSR count). The maximum Gasteiger partial charge on any atom is 0.250 e. The van der Waals surface area contributed by atoms with Crippen molar-refractivity contribution < 1.29 is 0 Å². The Morgan fingerprint density at radius 2 is 2.16 bits per heavy atom. The van der Waals surface area contributed by atoms with Crippen molar-refractivity contribution in [2.75, 3.05) is 19.6 Å². The van der Waals surface area contributed by atoms with E-state index in [-0.39, 0.29) is 5.56 Å². The van der Waals surface area contributed by atoms with Crippen LogP contribution in [0.15, 0.2) is 47.7 Å². The molecule has 3 heterocycles. The van der Waals surface area contributed by atoms with Crippen LogP contribution in [0.4, 0.5) is 0 Å². The summed E-state index contributed by atoms with van der Waals surface area (Å²) in [4.78, 5) is 14.0. The molecule has 5 heteroatoms. The zero-order chi connectivity index (χ0) is 13.1. The average molecular weight is 258 g/mol. The molecule has 2 aromatic rings. The van der Waals surface area contributed by atoms with Gasteiger partial charge in [-0.2, -0.15) is 5.10 Å². The van der Waals surface area contributed by atoms with Gasteiger partial charge in [0, 0.05) is 50.8 Å². The first-order valence-corrected chi connectivity index (χ1v) is 6.70. The van der Waals surface area contributed by atoms with Crippen LogP contribution in [-0.4, -0.2) is 38.9 Å². The molecule has 0 aliphatic carbocycles. The van der Waals surface area contributed by atoms with Gasteiger partial charge in [-0.3, -0.25) is 14.4 Å². The summed E-state index contributed by atoms with van der Waals surface area (Å²) in [7, 11) is 0. The van der Waals surface area contributed by atoms with Crippen LogP contribution in [0.5, 0.6) is 0 Å². The van der Waals surface area contributed by atoms with Gasteiger partial charge in [-0.15, -0.1) is 0 Å². The van der Waals surface area contributed by atoms with Crippen LogP contribution in [0.1, 0.15) is 12.5 Å². The third kappa shape index (κ3) is 2.76. The van der Waals surface area contributed by atoms with E-state index in [0.29, 0.717) is 6.04 Å². The highest BCUT2D eigenvalue weighted by Crippen LogP contribution is 2.19.